The molecule has 1 atom stereocenters. The first kappa shape index (κ1) is 13.2. The average Bonchev–Trinajstić information content (AvgIpc) is 2.22. The molecule has 1 aromatic carbocycles. The lowest BCUT2D eigenvalue weighted by molar-refractivity contribution is -0.124. The molecule has 0 radical (unpaired) electrons. The van der Waals surface area contributed by atoms with Crippen LogP contribution >= 0.6 is 0 Å². The molecule has 0 fully saturated rings. The van der Waals surface area contributed by atoms with E-state index >= 15 is 0 Å². The first-order valence-electron chi connectivity index (χ1n) is 5.24. The van der Waals surface area contributed by atoms with Crippen molar-refractivity contribution in [2.45, 2.75) is 26.8 Å². The monoisotopic (exact) mass is 238 g/mol. The second-order valence-corrected chi connectivity index (χ2v) is 3.88. The van der Waals surface area contributed by atoms with Gasteiger partial charge in [0.1, 0.15) is 11.9 Å². The standard InChI is InChI=1S/C12H15FN2O2/c1-7-4-5-10(6-11(7)13)15-12(17)8(2)14-9(3)16/h4-6,8H,1-3H3,(H,14,16)(H,15,17). The molecular formula is C12H15FN2O2. The van der Waals surface area contributed by atoms with E-state index in [1.54, 1.807) is 26.0 Å². The van der Waals surface area contributed by atoms with Crippen LogP contribution < -0.4 is 10.6 Å². The smallest absolute Gasteiger partial charge is 0.246 e. The second kappa shape index (κ2) is 5.43. The predicted octanol–water partition coefficient (Wildman–Crippen LogP) is 1.60. The minimum atomic E-state index is -0.656. The molecule has 92 valence electrons. The molecular weight excluding hydrogens is 223 g/mol. The summed E-state index contributed by atoms with van der Waals surface area (Å²) in [5.41, 5.74) is 0.883. The van der Waals surface area contributed by atoms with E-state index < -0.39 is 6.04 Å². The van der Waals surface area contributed by atoms with Crippen molar-refractivity contribution in [2.24, 2.45) is 0 Å². The molecule has 1 rings (SSSR count). The largest absolute Gasteiger partial charge is 0.345 e. The molecule has 0 heterocycles. The SMILES string of the molecule is CC(=O)NC(C)C(=O)Nc1ccc(C)c(F)c1. The summed E-state index contributed by atoms with van der Waals surface area (Å²) in [5, 5.41) is 4.97. The number of anilines is 1. The minimum absolute atomic E-state index is 0.289. The summed E-state index contributed by atoms with van der Waals surface area (Å²) in [7, 11) is 0. The van der Waals surface area contributed by atoms with Gasteiger partial charge in [-0.2, -0.15) is 0 Å². The lowest BCUT2D eigenvalue weighted by atomic mass is 10.2. The molecule has 4 nitrogen and oxygen atoms in total. The topological polar surface area (TPSA) is 58.2 Å². The number of hydrogen-bond acceptors (Lipinski definition) is 2. The second-order valence-electron chi connectivity index (χ2n) is 3.88. The Morgan fingerprint density at radius 3 is 2.53 bits per heavy atom. The average molecular weight is 238 g/mol. The van der Waals surface area contributed by atoms with Gasteiger partial charge in [0.05, 0.1) is 0 Å². The molecule has 2 N–H and O–H groups in total. The van der Waals surface area contributed by atoms with Gasteiger partial charge in [-0.15, -0.1) is 0 Å². The number of rotatable bonds is 3. The van der Waals surface area contributed by atoms with Crippen molar-refractivity contribution >= 4 is 17.5 Å². The normalized spacial score (nSPS) is 11.8. The Labute approximate surface area is 99.2 Å². The van der Waals surface area contributed by atoms with E-state index in [4.69, 9.17) is 0 Å². The lowest BCUT2D eigenvalue weighted by Crippen LogP contribution is -2.40. The van der Waals surface area contributed by atoms with Crippen LogP contribution in [0, 0.1) is 12.7 Å². The number of halogens is 1. The van der Waals surface area contributed by atoms with Gasteiger partial charge < -0.3 is 10.6 Å². The van der Waals surface area contributed by atoms with Gasteiger partial charge in [0, 0.05) is 12.6 Å². The van der Waals surface area contributed by atoms with Crippen LogP contribution in [-0.2, 0) is 9.59 Å². The van der Waals surface area contributed by atoms with Crippen LogP contribution in [0.4, 0.5) is 10.1 Å². The minimum Gasteiger partial charge on any atom is -0.345 e. The number of benzene rings is 1. The predicted molar refractivity (Wildman–Crippen MR) is 63.0 cm³/mol. The van der Waals surface area contributed by atoms with E-state index in [9.17, 15) is 14.0 Å². The molecule has 0 aliphatic carbocycles. The molecule has 17 heavy (non-hydrogen) atoms. The first-order valence-corrected chi connectivity index (χ1v) is 5.24. The fourth-order valence-corrected chi connectivity index (χ4v) is 1.29. The molecule has 1 unspecified atom stereocenters. The molecule has 0 spiro atoms. The maximum atomic E-state index is 13.2. The molecule has 0 aliphatic rings. The van der Waals surface area contributed by atoms with Crippen molar-refractivity contribution in [3.8, 4) is 0 Å². The highest BCUT2D eigenvalue weighted by Gasteiger charge is 2.13. The van der Waals surface area contributed by atoms with Crippen molar-refractivity contribution in [3.05, 3.63) is 29.6 Å². The van der Waals surface area contributed by atoms with Crippen LogP contribution in [-0.4, -0.2) is 17.9 Å². The van der Waals surface area contributed by atoms with Crippen LogP contribution in [0.5, 0.6) is 0 Å². The molecule has 5 heteroatoms. The van der Waals surface area contributed by atoms with Crippen molar-refractivity contribution in [3.63, 3.8) is 0 Å². The van der Waals surface area contributed by atoms with Gasteiger partial charge in [0.2, 0.25) is 11.8 Å². The van der Waals surface area contributed by atoms with Gasteiger partial charge in [0.15, 0.2) is 0 Å². The molecule has 0 saturated carbocycles. The summed E-state index contributed by atoms with van der Waals surface area (Å²) in [5.74, 6) is -1.05. The van der Waals surface area contributed by atoms with E-state index in [2.05, 4.69) is 10.6 Å². The third-order valence-corrected chi connectivity index (χ3v) is 2.25. The van der Waals surface area contributed by atoms with Crippen LogP contribution in [0.15, 0.2) is 18.2 Å². The number of carbonyl (C=O) groups is 2. The summed E-state index contributed by atoms with van der Waals surface area (Å²) in [6.07, 6.45) is 0. The van der Waals surface area contributed by atoms with Crippen LogP contribution in [0.25, 0.3) is 0 Å². The van der Waals surface area contributed by atoms with E-state index in [1.807, 2.05) is 0 Å². The number of amides is 2. The van der Waals surface area contributed by atoms with Crippen molar-refractivity contribution < 1.29 is 14.0 Å². The number of nitrogens with one attached hydrogen (secondary N) is 2. The van der Waals surface area contributed by atoms with Crippen molar-refractivity contribution in [1.82, 2.24) is 5.32 Å². The number of aryl methyl sites for hydroxylation is 1. The summed E-state index contributed by atoms with van der Waals surface area (Å²) in [6, 6.07) is 3.77. The summed E-state index contributed by atoms with van der Waals surface area (Å²) < 4.78 is 13.2. The Hall–Kier alpha value is -1.91. The maximum Gasteiger partial charge on any atom is 0.246 e. The van der Waals surface area contributed by atoms with E-state index in [0.29, 0.717) is 11.3 Å². The third-order valence-electron chi connectivity index (χ3n) is 2.25. The fourth-order valence-electron chi connectivity index (χ4n) is 1.29. The Kier molecular flexibility index (Phi) is 4.20. The van der Waals surface area contributed by atoms with Crippen molar-refractivity contribution in [1.29, 1.82) is 0 Å². The molecule has 0 bridgehead atoms. The van der Waals surface area contributed by atoms with Crippen molar-refractivity contribution in [2.75, 3.05) is 5.32 Å². The molecule has 0 aliphatic heterocycles. The van der Waals surface area contributed by atoms with Gasteiger partial charge in [-0.1, -0.05) is 6.07 Å². The fraction of sp³-hybridized carbons (Fsp3) is 0.333. The Balaban J connectivity index is 2.67. The number of carbonyl (C=O) groups excluding carboxylic acids is 2. The van der Waals surface area contributed by atoms with Gasteiger partial charge >= 0.3 is 0 Å². The highest BCUT2D eigenvalue weighted by atomic mass is 19.1. The highest BCUT2D eigenvalue weighted by molar-refractivity contribution is 5.96. The highest BCUT2D eigenvalue weighted by Crippen LogP contribution is 2.13. The first-order chi connectivity index (χ1) is 7.90. The molecule has 1 aromatic rings. The third kappa shape index (κ3) is 3.86. The van der Waals surface area contributed by atoms with Gasteiger partial charge in [-0.3, -0.25) is 9.59 Å². The molecule has 0 saturated heterocycles. The zero-order chi connectivity index (χ0) is 13.0. The number of hydrogen-bond donors (Lipinski definition) is 2. The van der Waals surface area contributed by atoms with Crippen LogP contribution in [0.1, 0.15) is 19.4 Å². The zero-order valence-electron chi connectivity index (χ0n) is 10.0. The van der Waals surface area contributed by atoms with E-state index in [1.165, 1.54) is 13.0 Å². The zero-order valence-corrected chi connectivity index (χ0v) is 10.0. The summed E-state index contributed by atoms with van der Waals surface area (Å²) in [6.45, 7) is 4.53. The maximum absolute atomic E-state index is 13.2. The van der Waals surface area contributed by atoms with E-state index in [0.717, 1.165) is 0 Å². The van der Waals surface area contributed by atoms with Crippen LogP contribution in [0.2, 0.25) is 0 Å². The molecule has 2 amide bonds. The Morgan fingerprint density at radius 2 is 2.00 bits per heavy atom. The molecule has 0 aromatic heterocycles. The van der Waals surface area contributed by atoms with E-state index in [-0.39, 0.29) is 17.6 Å². The Bertz CT molecular complexity index is 446. The van der Waals surface area contributed by atoms with Gasteiger partial charge in [0.25, 0.3) is 0 Å². The van der Waals surface area contributed by atoms with Gasteiger partial charge in [-0.05, 0) is 31.5 Å². The van der Waals surface area contributed by atoms with Crippen LogP contribution in [0.3, 0.4) is 0 Å². The lowest BCUT2D eigenvalue weighted by Gasteiger charge is -2.13. The Morgan fingerprint density at radius 1 is 1.35 bits per heavy atom. The van der Waals surface area contributed by atoms with Gasteiger partial charge in [-0.25, -0.2) is 4.39 Å². The summed E-state index contributed by atoms with van der Waals surface area (Å²) >= 11 is 0. The quantitative estimate of drug-likeness (QED) is 0.840. The summed E-state index contributed by atoms with van der Waals surface area (Å²) in [4.78, 5) is 22.4.